The van der Waals surface area contributed by atoms with E-state index in [4.69, 9.17) is 18.9 Å². The predicted octanol–water partition coefficient (Wildman–Crippen LogP) is 15.5. The highest BCUT2D eigenvalue weighted by atomic mass is 16.5. The standard InChI is InChI=1S/C54H90O8/c1-3-51(55)59-45-39-33-29-25-21-17-13-9-5-7-11-15-19-23-27-31-35-41-47-61-53(57)49-43-37-38-44-50(49)54(58)62-48-42-36-32-28-24-20-16-12-8-6-10-14-18-22-26-30-34-40-46-60-52(56)4-2/h3-4,37-38,43-44H,1-2,5-36,39-42,45-48H2. The first-order valence-electron chi connectivity index (χ1n) is 25.5. The smallest absolute Gasteiger partial charge is 0.339 e. The van der Waals surface area contributed by atoms with E-state index in [0.717, 1.165) is 64.2 Å². The van der Waals surface area contributed by atoms with Crippen LogP contribution in [-0.2, 0) is 28.5 Å². The largest absolute Gasteiger partial charge is 0.463 e. The predicted molar refractivity (Wildman–Crippen MR) is 256 cm³/mol. The third-order valence-electron chi connectivity index (χ3n) is 11.7. The molecule has 0 aromatic heterocycles. The number of unbranched alkanes of at least 4 members (excludes halogenated alkanes) is 34. The summed E-state index contributed by atoms with van der Waals surface area (Å²) < 4.78 is 21.1. The van der Waals surface area contributed by atoms with Crippen molar-refractivity contribution in [3.63, 3.8) is 0 Å². The summed E-state index contributed by atoms with van der Waals surface area (Å²) in [5.41, 5.74) is 0.577. The molecule has 0 fully saturated rings. The summed E-state index contributed by atoms with van der Waals surface area (Å²) >= 11 is 0. The second kappa shape index (κ2) is 44.2. The first-order valence-corrected chi connectivity index (χ1v) is 25.5. The van der Waals surface area contributed by atoms with E-state index >= 15 is 0 Å². The third kappa shape index (κ3) is 36.1. The number of carbonyl (C=O) groups excluding carboxylic acids is 4. The van der Waals surface area contributed by atoms with E-state index in [0.29, 0.717) is 26.4 Å². The molecule has 0 aliphatic rings. The van der Waals surface area contributed by atoms with Gasteiger partial charge in [-0.2, -0.15) is 0 Å². The molecule has 0 spiro atoms. The highest BCUT2D eigenvalue weighted by Crippen LogP contribution is 2.18. The number of esters is 4. The van der Waals surface area contributed by atoms with E-state index in [1.54, 1.807) is 24.3 Å². The van der Waals surface area contributed by atoms with Gasteiger partial charge >= 0.3 is 23.9 Å². The van der Waals surface area contributed by atoms with E-state index in [2.05, 4.69) is 13.2 Å². The molecule has 354 valence electrons. The van der Waals surface area contributed by atoms with Crippen LogP contribution in [0.4, 0.5) is 0 Å². The van der Waals surface area contributed by atoms with Crippen molar-refractivity contribution in [3.8, 4) is 0 Å². The van der Waals surface area contributed by atoms with Gasteiger partial charge in [0.25, 0.3) is 0 Å². The average Bonchev–Trinajstić information content (AvgIpc) is 3.29. The number of hydrogen-bond donors (Lipinski definition) is 0. The van der Waals surface area contributed by atoms with Crippen LogP contribution in [0.15, 0.2) is 49.6 Å². The van der Waals surface area contributed by atoms with Crippen LogP contribution in [0.1, 0.15) is 252 Å². The van der Waals surface area contributed by atoms with Crippen LogP contribution >= 0.6 is 0 Å². The minimum absolute atomic E-state index is 0.289. The van der Waals surface area contributed by atoms with Gasteiger partial charge < -0.3 is 18.9 Å². The molecule has 0 unspecified atom stereocenters. The fourth-order valence-corrected chi connectivity index (χ4v) is 7.85. The molecule has 0 N–H and O–H groups in total. The van der Waals surface area contributed by atoms with Gasteiger partial charge in [-0.3, -0.25) is 0 Å². The lowest BCUT2D eigenvalue weighted by Crippen LogP contribution is -2.15. The summed E-state index contributed by atoms with van der Waals surface area (Å²) in [4.78, 5) is 47.7. The SMILES string of the molecule is C=CC(=O)OCCCCCCCCCCCCCCCCCCCCOC(=O)c1ccccc1C(=O)OCCCCCCCCCCCCCCCCCCCCOC(=O)C=C. The molecule has 0 aliphatic heterocycles. The molecule has 8 heteroatoms. The van der Waals surface area contributed by atoms with Crippen LogP contribution in [0, 0.1) is 0 Å². The highest BCUT2D eigenvalue weighted by molar-refractivity contribution is 6.03. The van der Waals surface area contributed by atoms with Crippen LogP contribution in [0.3, 0.4) is 0 Å². The van der Waals surface area contributed by atoms with Gasteiger partial charge in [0.1, 0.15) is 0 Å². The summed E-state index contributed by atoms with van der Waals surface area (Å²) in [5.74, 6) is -1.54. The normalized spacial score (nSPS) is 11.0. The van der Waals surface area contributed by atoms with E-state index < -0.39 is 11.9 Å². The quantitative estimate of drug-likeness (QED) is 0.0276. The van der Waals surface area contributed by atoms with Crippen molar-refractivity contribution < 1.29 is 38.1 Å². The van der Waals surface area contributed by atoms with Crippen molar-refractivity contribution in [1.29, 1.82) is 0 Å². The zero-order chi connectivity index (χ0) is 44.8. The van der Waals surface area contributed by atoms with Crippen LogP contribution in [0.5, 0.6) is 0 Å². The number of carbonyl (C=O) groups is 4. The first-order chi connectivity index (χ1) is 30.5. The molecule has 0 radical (unpaired) electrons. The Hall–Kier alpha value is -3.42. The van der Waals surface area contributed by atoms with Crippen molar-refractivity contribution in [3.05, 3.63) is 60.7 Å². The lowest BCUT2D eigenvalue weighted by atomic mass is 10.0. The number of hydrogen-bond acceptors (Lipinski definition) is 8. The molecule has 0 aliphatic carbocycles. The monoisotopic (exact) mass is 867 g/mol. The number of ether oxygens (including phenoxy) is 4. The molecule has 1 rings (SSSR count). The van der Waals surface area contributed by atoms with Crippen molar-refractivity contribution in [2.45, 2.75) is 231 Å². The average molecular weight is 867 g/mol. The number of rotatable bonds is 46. The van der Waals surface area contributed by atoms with Crippen LogP contribution in [-0.4, -0.2) is 50.3 Å². The highest BCUT2D eigenvalue weighted by Gasteiger charge is 2.19. The Morgan fingerprint density at radius 2 is 0.484 bits per heavy atom. The van der Waals surface area contributed by atoms with Crippen LogP contribution in [0.25, 0.3) is 0 Å². The Balaban J connectivity index is 1.90. The molecule has 8 nitrogen and oxygen atoms in total. The summed E-state index contributed by atoms with van der Waals surface area (Å²) in [6.07, 6.45) is 46.8. The van der Waals surface area contributed by atoms with Gasteiger partial charge in [0.2, 0.25) is 0 Å². The Bertz CT molecular complexity index is 1160. The summed E-state index contributed by atoms with van der Waals surface area (Å²) in [6, 6.07) is 6.83. The zero-order valence-electron chi connectivity index (χ0n) is 39.4. The molecular weight excluding hydrogens is 777 g/mol. The first kappa shape index (κ1) is 56.6. The van der Waals surface area contributed by atoms with Gasteiger partial charge in [-0.25, -0.2) is 19.2 Å². The molecule has 62 heavy (non-hydrogen) atoms. The Labute approximate surface area is 379 Å². The molecule has 0 heterocycles. The topological polar surface area (TPSA) is 105 Å². The molecule has 0 saturated heterocycles. The van der Waals surface area contributed by atoms with E-state index in [1.165, 1.54) is 179 Å². The minimum atomic E-state index is -0.448. The Morgan fingerprint density at radius 1 is 0.306 bits per heavy atom. The fourth-order valence-electron chi connectivity index (χ4n) is 7.85. The lowest BCUT2D eigenvalue weighted by Gasteiger charge is -2.10. The minimum Gasteiger partial charge on any atom is -0.463 e. The summed E-state index contributed by atoms with van der Waals surface area (Å²) in [6.45, 7) is 8.59. The van der Waals surface area contributed by atoms with Crippen LogP contribution < -0.4 is 0 Å². The van der Waals surface area contributed by atoms with Crippen molar-refractivity contribution in [2.75, 3.05) is 26.4 Å². The molecule has 1 aromatic rings. The third-order valence-corrected chi connectivity index (χ3v) is 11.7. The lowest BCUT2D eigenvalue weighted by molar-refractivity contribution is -0.138. The zero-order valence-corrected chi connectivity index (χ0v) is 39.4. The van der Waals surface area contributed by atoms with Gasteiger partial charge in [0.15, 0.2) is 0 Å². The Morgan fingerprint density at radius 3 is 0.677 bits per heavy atom. The van der Waals surface area contributed by atoms with E-state index in [-0.39, 0.29) is 23.1 Å². The van der Waals surface area contributed by atoms with E-state index in [1.807, 2.05) is 0 Å². The van der Waals surface area contributed by atoms with Gasteiger partial charge in [-0.05, 0) is 37.8 Å². The fraction of sp³-hybridized carbons (Fsp3) is 0.741. The van der Waals surface area contributed by atoms with Gasteiger partial charge in [0.05, 0.1) is 37.6 Å². The summed E-state index contributed by atoms with van der Waals surface area (Å²) in [7, 11) is 0. The van der Waals surface area contributed by atoms with E-state index in [9.17, 15) is 19.2 Å². The van der Waals surface area contributed by atoms with Gasteiger partial charge in [-0.1, -0.05) is 231 Å². The second-order valence-corrected chi connectivity index (χ2v) is 17.3. The molecule has 0 saturated carbocycles. The second-order valence-electron chi connectivity index (χ2n) is 17.3. The maximum absolute atomic E-state index is 12.8. The van der Waals surface area contributed by atoms with Crippen molar-refractivity contribution in [2.24, 2.45) is 0 Å². The number of benzene rings is 1. The molecular formula is C54H90O8. The van der Waals surface area contributed by atoms with Crippen LogP contribution in [0.2, 0.25) is 0 Å². The maximum Gasteiger partial charge on any atom is 0.339 e. The molecule has 0 atom stereocenters. The molecule has 1 aromatic carbocycles. The van der Waals surface area contributed by atoms with Gasteiger partial charge in [0, 0.05) is 12.2 Å². The van der Waals surface area contributed by atoms with Crippen molar-refractivity contribution >= 4 is 23.9 Å². The molecule has 0 amide bonds. The van der Waals surface area contributed by atoms with Gasteiger partial charge in [-0.15, -0.1) is 0 Å². The maximum atomic E-state index is 12.8. The van der Waals surface area contributed by atoms with Crippen molar-refractivity contribution in [1.82, 2.24) is 0 Å². The molecule has 0 bridgehead atoms. The summed E-state index contributed by atoms with van der Waals surface area (Å²) in [5, 5.41) is 0. The Kier molecular flexibility index (Phi) is 40.3.